The van der Waals surface area contributed by atoms with Gasteiger partial charge in [0.2, 0.25) is 0 Å². The Kier molecular flexibility index (Phi) is 4.81. The molecule has 1 aromatic rings. The van der Waals surface area contributed by atoms with Crippen LogP contribution in [0, 0.1) is 6.92 Å². The molecule has 0 aliphatic carbocycles. The van der Waals surface area contributed by atoms with Gasteiger partial charge in [-0.05, 0) is 37.7 Å². The molecule has 1 fully saturated rings. The summed E-state index contributed by atoms with van der Waals surface area (Å²) in [6, 6.07) is 4.11. The van der Waals surface area contributed by atoms with Gasteiger partial charge in [-0.15, -0.1) is 0 Å². The van der Waals surface area contributed by atoms with Gasteiger partial charge in [-0.1, -0.05) is 18.3 Å². The van der Waals surface area contributed by atoms with E-state index in [4.69, 9.17) is 18.0 Å². The normalized spacial score (nSPS) is 19.3. The molecule has 104 valence electrons. The lowest BCUT2D eigenvalue weighted by atomic mass is 9.95. The van der Waals surface area contributed by atoms with Crippen molar-refractivity contribution in [2.24, 2.45) is 5.73 Å². The minimum absolute atomic E-state index is 0.00495. The number of nitrogens with two attached hydrogens (primary N) is 1. The number of aromatic nitrogens is 1. The largest absolute Gasteiger partial charge is 0.392 e. The zero-order valence-electron chi connectivity index (χ0n) is 11.6. The van der Waals surface area contributed by atoms with Gasteiger partial charge in [0, 0.05) is 25.8 Å². The van der Waals surface area contributed by atoms with Crippen molar-refractivity contribution in [3.05, 3.63) is 29.6 Å². The first-order valence-electron chi connectivity index (χ1n) is 6.55. The van der Waals surface area contributed by atoms with Gasteiger partial charge in [0.05, 0.1) is 15.4 Å². The van der Waals surface area contributed by atoms with Crippen molar-refractivity contribution >= 4 is 29.0 Å². The molecule has 5 heteroatoms. The highest BCUT2D eigenvalue weighted by atomic mass is 32.2. The second-order valence-corrected chi connectivity index (χ2v) is 6.74. The topological polar surface area (TPSA) is 42.1 Å². The molecule has 2 N–H and O–H groups in total. The van der Waals surface area contributed by atoms with Crippen molar-refractivity contribution in [1.82, 2.24) is 9.88 Å². The minimum atomic E-state index is 0.00495. The van der Waals surface area contributed by atoms with E-state index in [-0.39, 0.29) is 4.75 Å². The number of hydrogen-bond acceptors (Lipinski definition) is 4. The van der Waals surface area contributed by atoms with Gasteiger partial charge in [-0.3, -0.25) is 9.88 Å². The Bertz CT molecular complexity index is 454. The lowest BCUT2D eigenvalue weighted by Crippen LogP contribution is -2.49. The molecule has 0 unspecified atom stereocenters. The van der Waals surface area contributed by atoms with Crippen LogP contribution in [0.1, 0.15) is 24.1 Å². The molecule has 2 heterocycles. The Labute approximate surface area is 125 Å². The highest BCUT2D eigenvalue weighted by Gasteiger charge is 2.36. The predicted octanol–water partition coefficient (Wildman–Crippen LogP) is 2.37. The molecule has 0 aromatic carbocycles. The minimum Gasteiger partial charge on any atom is -0.392 e. The molecule has 3 nitrogen and oxygen atoms in total. The number of aryl methyl sites for hydroxylation is 1. The Hall–Kier alpha value is -0.650. The first-order chi connectivity index (χ1) is 9.07. The van der Waals surface area contributed by atoms with Crippen molar-refractivity contribution < 1.29 is 0 Å². The molecule has 1 aliphatic rings. The van der Waals surface area contributed by atoms with E-state index >= 15 is 0 Å². The zero-order chi connectivity index (χ0) is 13.9. The first kappa shape index (κ1) is 14.8. The van der Waals surface area contributed by atoms with Crippen LogP contribution in [0.25, 0.3) is 0 Å². The number of likely N-dealkylation sites (tertiary alicyclic amines) is 1. The van der Waals surface area contributed by atoms with E-state index in [1.165, 1.54) is 11.3 Å². The quantitative estimate of drug-likeness (QED) is 0.864. The second kappa shape index (κ2) is 6.20. The summed E-state index contributed by atoms with van der Waals surface area (Å²) in [5.74, 6) is 0. The molecule has 0 atom stereocenters. The van der Waals surface area contributed by atoms with Crippen molar-refractivity contribution in [1.29, 1.82) is 0 Å². The van der Waals surface area contributed by atoms with Crippen molar-refractivity contribution in [2.45, 2.75) is 31.1 Å². The SMILES string of the molecule is CSC1(C(N)=S)CCN(Cc2ncccc2C)CC1. The van der Waals surface area contributed by atoms with Crippen LogP contribution < -0.4 is 5.73 Å². The number of thiocarbonyl (C=S) groups is 1. The molecule has 0 saturated carbocycles. The highest BCUT2D eigenvalue weighted by molar-refractivity contribution is 8.02. The summed E-state index contributed by atoms with van der Waals surface area (Å²) in [6.07, 6.45) is 6.05. The third-order valence-corrected chi connectivity index (χ3v) is 5.92. The van der Waals surface area contributed by atoms with Crippen LogP contribution in [0.4, 0.5) is 0 Å². The summed E-state index contributed by atoms with van der Waals surface area (Å²) in [4.78, 5) is 7.57. The molecule has 0 bridgehead atoms. The van der Waals surface area contributed by atoms with E-state index in [9.17, 15) is 0 Å². The fraction of sp³-hybridized carbons (Fsp3) is 0.571. The maximum Gasteiger partial charge on any atom is 0.0891 e. The zero-order valence-corrected chi connectivity index (χ0v) is 13.2. The molecule has 1 saturated heterocycles. The van der Waals surface area contributed by atoms with Gasteiger partial charge in [0.1, 0.15) is 0 Å². The summed E-state index contributed by atoms with van der Waals surface area (Å²) in [7, 11) is 0. The van der Waals surface area contributed by atoms with E-state index in [1.54, 1.807) is 11.8 Å². The summed E-state index contributed by atoms with van der Waals surface area (Å²) in [6.45, 7) is 5.12. The van der Waals surface area contributed by atoms with Crippen LogP contribution in [0.5, 0.6) is 0 Å². The maximum atomic E-state index is 5.91. The van der Waals surface area contributed by atoms with Gasteiger partial charge >= 0.3 is 0 Å². The molecule has 0 radical (unpaired) electrons. The number of hydrogen-bond donors (Lipinski definition) is 1. The standard InChI is InChI=1S/C14H21N3S2/c1-11-4-3-7-16-12(11)10-17-8-5-14(19-2,6-9-17)13(15)18/h3-4,7H,5-6,8-10H2,1-2H3,(H2,15,18). The smallest absolute Gasteiger partial charge is 0.0891 e. The second-order valence-electron chi connectivity index (χ2n) is 5.11. The number of rotatable bonds is 4. The van der Waals surface area contributed by atoms with Crippen LogP contribution in [0.15, 0.2) is 18.3 Å². The maximum absolute atomic E-state index is 5.91. The fourth-order valence-corrected chi connectivity index (χ4v) is 3.77. The van der Waals surface area contributed by atoms with Crippen molar-refractivity contribution in [3.63, 3.8) is 0 Å². The van der Waals surface area contributed by atoms with E-state index < -0.39 is 0 Å². The van der Waals surface area contributed by atoms with E-state index in [2.05, 4.69) is 29.1 Å². The molecule has 19 heavy (non-hydrogen) atoms. The fourth-order valence-electron chi connectivity index (χ4n) is 2.52. The lowest BCUT2D eigenvalue weighted by Gasteiger charge is -2.40. The Balaban J connectivity index is 1.97. The molecule has 0 amide bonds. The van der Waals surface area contributed by atoms with E-state index in [0.29, 0.717) is 4.99 Å². The van der Waals surface area contributed by atoms with Crippen LogP contribution in [0.3, 0.4) is 0 Å². The van der Waals surface area contributed by atoms with E-state index in [1.807, 2.05) is 12.3 Å². The number of nitrogens with zero attached hydrogens (tertiary/aromatic N) is 2. The average Bonchev–Trinajstić information content (AvgIpc) is 2.42. The Morgan fingerprint density at radius 3 is 2.74 bits per heavy atom. The average molecular weight is 295 g/mol. The third kappa shape index (κ3) is 3.27. The van der Waals surface area contributed by atoms with Crippen molar-refractivity contribution in [3.8, 4) is 0 Å². The van der Waals surface area contributed by atoms with Crippen LogP contribution in [-0.2, 0) is 6.54 Å². The van der Waals surface area contributed by atoms with E-state index in [0.717, 1.165) is 32.5 Å². The van der Waals surface area contributed by atoms with Gasteiger partial charge < -0.3 is 5.73 Å². The molecular weight excluding hydrogens is 274 g/mol. The third-order valence-electron chi connectivity index (χ3n) is 3.99. The highest BCUT2D eigenvalue weighted by Crippen LogP contribution is 2.35. The monoisotopic (exact) mass is 295 g/mol. The number of pyridine rings is 1. The Morgan fingerprint density at radius 1 is 1.53 bits per heavy atom. The summed E-state index contributed by atoms with van der Waals surface area (Å²) < 4.78 is 0.00495. The Morgan fingerprint density at radius 2 is 2.21 bits per heavy atom. The summed E-state index contributed by atoms with van der Waals surface area (Å²) in [5, 5.41) is 0. The van der Waals surface area contributed by atoms with Gasteiger partial charge in [-0.2, -0.15) is 11.8 Å². The predicted molar refractivity (Wildman–Crippen MR) is 86.5 cm³/mol. The van der Waals surface area contributed by atoms with Crippen LogP contribution >= 0.6 is 24.0 Å². The van der Waals surface area contributed by atoms with Gasteiger partial charge in [0.15, 0.2) is 0 Å². The molecule has 2 rings (SSSR count). The van der Waals surface area contributed by atoms with Crippen LogP contribution in [0.2, 0.25) is 0 Å². The van der Waals surface area contributed by atoms with Gasteiger partial charge in [0.25, 0.3) is 0 Å². The number of piperidine rings is 1. The molecule has 0 spiro atoms. The van der Waals surface area contributed by atoms with Gasteiger partial charge in [-0.25, -0.2) is 0 Å². The van der Waals surface area contributed by atoms with Crippen molar-refractivity contribution in [2.75, 3.05) is 19.3 Å². The summed E-state index contributed by atoms with van der Waals surface area (Å²) in [5.41, 5.74) is 8.35. The first-order valence-corrected chi connectivity index (χ1v) is 8.18. The summed E-state index contributed by atoms with van der Waals surface area (Å²) >= 11 is 7.05. The van der Waals surface area contributed by atoms with Crippen LogP contribution in [-0.4, -0.2) is 39.0 Å². The lowest BCUT2D eigenvalue weighted by molar-refractivity contribution is 0.210. The molecule has 1 aliphatic heterocycles. The number of thioether (sulfide) groups is 1. The molecular formula is C14H21N3S2. The molecule has 1 aromatic heterocycles.